The van der Waals surface area contributed by atoms with Crippen molar-refractivity contribution in [1.82, 2.24) is 0 Å². The Morgan fingerprint density at radius 2 is 2.30 bits per heavy atom. The topological polar surface area (TPSA) is 29.5 Å². The van der Waals surface area contributed by atoms with Gasteiger partial charge in [-0.25, -0.2) is 0 Å². The summed E-state index contributed by atoms with van der Waals surface area (Å²) < 4.78 is 5.00. The van der Waals surface area contributed by atoms with Gasteiger partial charge in [0, 0.05) is 7.11 Å². The molecule has 0 aromatic heterocycles. The molecule has 0 aromatic rings. The molecule has 0 spiro atoms. The summed E-state index contributed by atoms with van der Waals surface area (Å²) in [5.41, 5.74) is 1.14. The van der Waals surface area contributed by atoms with Gasteiger partial charge in [0.05, 0.1) is 0 Å². The van der Waals surface area contributed by atoms with Crippen LogP contribution in [0.2, 0.25) is 0 Å². The SMILES string of the molecule is CO[C@@H]1C=C(C)C=C[C@H]1O. The fourth-order valence-corrected chi connectivity index (χ4v) is 0.981. The summed E-state index contributed by atoms with van der Waals surface area (Å²) in [7, 11) is 1.59. The van der Waals surface area contributed by atoms with Crippen LogP contribution >= 0.6 is 0 Å². The maximum Gasteiger partial charge on any atom is 0.105 e. The molecular formula is C8H12O2. The van der Waals surface area contributed by atoms with Gasteiger partial charge in [0.25, 0.3) is 0 Å². The average molecular weight is 140 g/mol. The molecular weight excluding hydrogens is 128 g/mol. The van der Waals surface area contributed by atoms with Crippen molar-refractivity contribution in [2.24, 2.45) is 0 Å². The largest absolute Gasteiger partial charge is 0.386 e. The number of allylic oxidation sites excluding steroid dienone is 2. The van der Waals surface area contributed by atoms with Gasteiger partial charge in [-0.1, -0.05) is 23.8 Å². The zero-order chi connectivity index (χ0) is 7.56. The second-order valence-corrected chi connectivity index (χ2v) is 2.46. The van der Waals surface area contributed by atoms with Crippen LogP contribution in [0.25, 0.3) is 0 Å². The van der Waals surface area contributed by atoms with Crippen LogP contribution in [-0.4, -0.2) is 24.4 Å². The molecule has 0 amide bonds. The second-order valence-electron chi connectivity index (χ2n) is 2.46. The highest BCUT2D eigenvalue weighted by atomic mass is 16.5. The van der Waals surface area contributed by atoms with Gasteiger partial charge in [-0.3, -0.25) is 0 Å². The molecule has 0 aromatic carbocycles. The fraction of sp³-hybridized carbons (Fsp3) is 0.500. The molecule has 56 valence electrons. The molecule has 0 radical (unpaired) electrons. The van der Waals surface area contributed by atoms with Crippen molar-refractivity contribution in [1.29, 1.82) is 0 Å². The molecule has 1 aliphatic carbocycles. The molecule has 1 rings (SSSR count). The number of hydrogen-bond acceptors (Lipinski definition) is 2. The molecule has 1 N–H and O–H groups in total. The van der Waals surface area contributed by atoms with Crippen LogP contribution < -0.4 is 0 Å². The van der Waals surface area contributed by atoms with E-state index in [9.17, 15) is 5.11 Å². The summed E-state index contributed by atoms with van der Waals surface area (Å²) in [5.74, 6) is 0. The Hall–Kier alpha value is -0.600. The lowest BCUT2D eigenvalue weighted by Gasteiger charge is -2.18. The van der Waals surface area contributed by atoms with Crippen molar-refractivity contribution >= 4 is 0 Å². The predicted octanol–water partition coefficient (Wildman–Crippen LogP) is 0.878. The lowest BCUT2D eigenvalue weighted by molar-refractivity contribution is 0.0410. The van der Waals surface area contributed by atoms with E-state index in [0.717, 1.165) is 5.57 Å². The van der Waals surface area contributed by atoms with Crippen LogP contribution in [0.3, 0.4) is 0 Å². The van der Waals surface area contributed by atoms with Crippen molar-refractivity contribution in [3.05, 3.63) is 23.8 Å². The Balaban J connectivity index is 2.67. The smallest absolute Gasteiger partial charge is 0.105 e. The Labute approximate surface area is 60.8 Å². The summed E-state index contributed by atoms with van der Waals surface area (Å²) in [4.78, 5) is 0. The van der Waals surface area contributed by atoms with Gasteiger partial charge >= 0.3 is 0 Å². The summed E-state index contributed by atoms with van der Waals surface area (Å²) in [6, 6.07) is 0. The van der Waals surface area contributed by atoms with E-state index < -0.39 is 6.10 Å². The molecule has 0 saturated carbocycles. The van der Waals surface area contributed by atoms with Gasteiger partial charge in [-0.15, -0.1) is 0 Å². The summed E-state index contributed by atoms with van der Waals surface area (Å²) in [6.45, 7) is 1.98. The molecule has 1 aliphatic rings. The third-order valence-corrected chi connectivity index (χ3v) is 1.59. The number of hydrogen-bond donors (Lipinski definition) is 1. The second kappa shape index (κ2) is 2.99. The van der Waals surface area contributed by atoms with E-state index in [-0.39, 0.29) is 6.10 Å². The van der Waals surface area contributed by atoms with Gasteiger partial charge in [-0.05, 0) is 6.92 Å². The monoisotopic (exact) mass is 140 g/mol. The molecule has 2 heteroatoms. The van der Waals surface area contributed by atoms with Gasteiger partial charge in [0.2, 0.25) is 0 Å². The third-order valence-electron chi connectivity index (χ3n) is 1.59. The normalized spacial score (nSPS) is 32.1. The Kier molecular flexibility index (Phi) is 2.25. The molecule has 2 nitrogen and oxygen atoms in total. The van der Waals surface area contributed by atoms with Gasteiger partial charge in [0.1, 0.15) is 12.2 Å². The van der Waals surface area contributed by atoms with Crippen LogP contribution in [0.1, 0.15) is 6.92 Å². The molecule has 0 fully saturated rings. The third kappa shape index (κ3) is 1.46. The Bertz CT molecular complexity index is 170. The quantitative estimate of drug-likeness (QED) is 0.585. The number of methoxy groups -OCH3 is 1. The maximum absolute atomic E-state index is 9.23. The molecule has 0 aliphatic heterocycles. The standard InChI is InChI=1S/C8H12O2/c1-6-3-4-7(9)8(5-6)10-2/h3-5,7-9H,1-2H3/t7-,8-/m1/s1. The van der Waals surface area contributed by atoms with E-state index in [2.05, 4.69) is 0 Å². The zero-order valence-electron chi connectivity index (χ0n) is 6.24. The first-order valence-electron chi connectivity index (χ1n) is 3.31. The number of ether oxygens (including phenoxy) is 1. The summed E-state index contributed by atoms with van der Waals surface area (Å²) in [6.07, 6.45) is 4.90. The summed E-state index contributed by atoms with van der Waals surface area (Å²) >= 11 is 0. The number of aliphatic hydroxyl groups is 1. The minimum absolute atomic E-state index is 0.162. The van der Waals surface area contributed by atoms with Gasteiger partial charge in [-0.2, -0.15) is 0 Å². The maximum atomic E-state index is 9.23. The average Bonchev–Trinajstić information content (AvgIpc) is 1.94. The van der Waals surface area contributed by atoms with Crippen LogP contribution in [0, 0.1) is 0 Å². The van der Waals surface area contributed by atoms with Crippen LogP contribution in [0.5, 0.6) is 0 Å². The van der Waals surface area contributed by atoms with E-state index in [1.54, 1.807) is 13.2 Å². The first-order chi connectivity index (χ1) is 4.74. The minimum Gasteiger partial charge on any atom is -0.386 e. The lowest BCUT2D eigenvalue weighted by atomic mass is 10.0. The van der Waals surface area contributed by atoms with Gasteiger partial charge in [0.15, 0.2) is 0 Å². The van der Waals surface area contributed by atoms with Crippen molar-refractivity contribution < 1.29 is 9.84 Å². The van der Waals surface area contributed by atoms with Gasteiger partial charge < -0.3 is 9.84 Å². The van der Waals surface area contributed by atoms with Crippen LogP contribution in [-0.2, 0) is 4.74 Å². The molecule has 0 heterocycles. The van der Waals surface area contributed by atoms with Crippen LogP contribution in [0.15, 0.2) is 23.8 Å². The van der Waals surface area contributed by atoms with Crippen molar-refractivity contribution in [3.63, 3.8) is 0 Å². The number of rotatable bonds is 1. The summed E-state index contributed by atoms with van der Waals surface area (Å²) in [5, 5.41) is 9.23. The predicted molar refractivity (Wildman–Crippen MR) is 39.7 cm³/mol. The van der Waals surface area contributed by atoms with Crippen molar-refractivity contribution in [3.8, 4) is 0 Å². The zero-order valence-corrected chi connectivity index (χ0v) is 6.24. The van der Waals surface area contributed by atoms with E-state index >= 15 is 0 Å². The fourth-order valence-electron chi connectivity index (χ4n) is 0.981. The highest BCUT2D eigenvalue weighted by Gasteiger charge is 2.15. The molecule has 2 atom stereocenters. The van der Waals surface area contributed by atoms with E-state index in [0.29, 0.717) is 0 Å². The first kappa shape index (κ1) is 7.51. The molecule has 10 heavy (non-hydrogen) atoms. The Morgan fingerprint density at radius 1 is 1.60 bits per heavy atom. The van der Waals surface area contributed by atoms with Crippen LogP contribution in [0.4, 0.5) is 0 Å². The minimum atomic E-state index is -0.478. The van der Waals surface area contributed by atoms with Crippen molar-refractivity contribution in [2.75, 3.05) is 7.11 Å². The molecule has 0 bridgehead atoms. The Morgan fingerprint density at radius 3 is 2.80 bits per heavy atom. The lowest BCUT2D eigenvalue weighted by Crippen LogP contribution is -2.26. The first-order valence-corrected chi connectivity index (χ1v) is 3.31. The number of aliphatic hydroxyl groups excluding tert-OH is 1. The molecule has 0 saturated heterocycles. The van der Waals surface area contributed by atoms with E-state index in [1.807, 2.05) is 19.1 Å². The van der Waals surface area contributed by atoms with E-state index in [1.165, 1.54) is 0 Å². The van der Waals surface area contributed by atoms with E-state index in [4.69, 9.17) is 4.74 Å². The molecule has 0 unspecified atom stereocenters. The van der Waals surface area contributed by atoms with Crippen molar-refractivity contribution in [2.45, 2.75) is 19.1 Å². The highest BCUT2D eigenvalue weighted by molar-refractivity contribution is 5.25. The highest BCUT2D eigenvalue weighted by Crippen LogP contribution is 2.12.